The van der Waals surface area contributed by atoms with E-state index in [1.807, 2.05) is 25.2 Å². The van der Waals surface area contributed by atoms with Crippen LogP contribution >= 0.6 is 15.9 Å². The van der Waals surface area contributed by atoms with Gasteiger partial charge < -0.3 is 9.64 Å². The Morgan fingerprint density at radius 2 is 2.25 bits per heavy atom. The quantitative estimate of drug-likeness (QED) is 0.779. The van der Waals surface area contributed by atoms with Crippen molar-refractivity contribution in [1.29, 1.82) is 0 Å². The van der Waals surface area contributed by atoms with Crippen LogP contribution in [0.3, 0.4) is 0 Å². The van der Waals surface area contributed by atoms with Crippen LogP contribution in [0.15, 0.2) is 22.7 Å². The molecular weight excluding hydrogens is 270 g/mol. The van der Waals surface area contributed by atoms with Crippen LogP contribution in [0.25, 0.3) is 0 Å². The van der Waals surface area contributed by atoms with E-state index in [1.54, 1.807) is 7.11 Å². The van der Waals surface area contributed by atoms with E-state index in [0.29, 0.717) is 12.2 Å². The van der Waals surface area contributed by atoms with Crippen molar-refractivity contribution in [2.75, 3.05) is 25.7 Å². The summed E-state index contributed by atoms with van der Waals surface area (Å²) in [5.41, 5.74) is 1.72. The Kier molecular flexibility index (Phi) is 4.96. The van der Waals surface area contributed by atoms with Gasteiger partial charge in [-0.05, 0) is 41.1 Å². The van der Waals surface area contributed by atoms with Crippen LogP contribution in [-0.4, -0.2) is 33.1 Å². The number of rotatable bonds is 5. The second-order valence-electron chi connectivity index (χ2n) is 3.74. The number of likely N-dealkylation sites (N-methyl/N-ethyl adjacent to an activating group) is 1. The van der Waals surface area contributed by atoms with Gasteiger partial charge in [0.15, 0.2) is 0 Å². The van der Waals surface area contributed by atoms with Crippen molar-refractivity contribution in [1.82, 2.24) is 0 Å². The third-order valence-electron chi connectivity index (χ3n) is 2.56. The number of hydrogen-bond donors (Lipinski definition) is 0. The molecule has 0 spiro atoms. The van der Waals surface area contributed by atoms with Crippen LogP contribution in [0, 0.1) is 0 Å². The molecule has 0 amide bonds. The molecule has 0 saturated heterocycles. The number of benzene rings is 1. The summed E-state index contributed by atoms with van der Waals surface area (Å²) in [6.45, 7) is 2.75. The first-order valence-electron chi connectivity index (χ1n) is 5.06. The monoisotopic (exact) mass is 285 g/mol. The van der Waals surface area contributed by atoms with E-state index in [9.17, 15) is 4.79 Å². The molecule has 16 heavy (non-hydrogen) atoms. The molecule has 1 atom stereocenters. The van der Waals surface area contributed by atoms with Crippen LogP contribution < -0.4 is 4.90 Å². The number of halogens is 1. The lowest BCUT2D eigenvalue weighted by atomic mass is 10.2. The standard InChI is InChI=1S/C12H16BrNO2/c1-9(8-16-3)14(2)12-5-4-10(7-15)6-11(12)13/h4-7,9H,8H2,1-3H3. The fraction of sp³-hybridized carbons (Fsp3) is 0.417. The summed E-state index contributed by atoms with van der Waals surface area (Å²) in [6.07, 6.45) is 0.840. The molecule has 0 aromatic heterocycles. The lowest BCUT2D eigenvalue weighted by Crippen LogP contribution is -2.32. The summed E-state index contributed by atoms with van der Waals surface area (Å²) < 4.78 is 6.04. The molecule has 0 fully saturated rings. The molecule has 3 nitrogen and oxygen atoms in total. The normalized spacial score (nSPS) is 12.2. The third-order valence-corrected chi connectivity index (χ3v) is 3.19. The minimum Gasteiger partial charge on any atom is -0.383 e. The summed E-state index contributed by atoms with van der Waals surface area (Å²) in [6, 6.07) is 5.84. The summed E-state index contributed by atoms with van der Waals surface area (Å²) in [5, 5.41) is 0. The molecule has 4 heteroatoms. The number of aldehydes is 1. The summed E-state index contributed by atoms with van der Waals surface area (Å²) in [7, 11) is 3.69. The minimum atomic E-state index is 0.281. The first-order chi connectivity index (χ1) is 7.60. The molecule has 1 aromatic carbocycles. The minimum absolute atomic E-state index is 0.281. The van der Waals surface area contributed by atoms with Crippen molar-refractivity contribution < 1.29 is 9.53 Å². The predicted octanol–water partition coefficient (Wildman–Crippen LogP) is 2.73. The highest BCUT2D eigenvalue weighted by Crippen LogP contribution is 2.27. The topological polar surface area (TPSA) is 29.5 Å². The molecule has 0 saturated carbocycles. The van der Waals surface area contributed by atoms with Gasteiger partial charge in [-0.3, -0.25) is 4.79 Å². The van der Waals surface area contributed by atoms with Crippen LogP contribution in [0.5, 0.6) is 0 Å². The zero-order chi connectivity index (χ0) is 12.1. The van der Waals surface area contributed by atoms with Crippen LogP contribution in [0.1, 0.15) is 17.3 Å². The van der Waals surface area contributed by atoms with Crippen LogP contribution in [0.4, 0.5) is 5.69 Å². The van der Waals surface area contributed by atoms with Crippen LogP contribution in [0.2, 0.25) is 0 Å². The van der Waals surface area contributed by atoms with E-state index in [0.717, 1.165) is 16.4 Å². The zero-order valence-corrected chi connectivity index (χ0v) is 11.3. The highest BCUT2D eigenvalue weighted by molar-refractivity contribution is 9.10. The lowest BCUT2D eigenvalue weighted by Gasteiger charge is -2.27. The largest absolute Gasteiger partial charge is 0.383 e. The van der Waals surface area contributed by atoms with Gasteiger partial charge in [-0.15, -0.1) is 0 Å². The van der Waals surface area contributed by atoms with E-state index >= 15 is 0 Å². The average Bonchev–Trinajstić information content (AvgIpc) is 2.28. The highest BCUT2D eigenvalue weighted by atomic mass is 79.9. The maximum Gasteiger partial charge on any atom is 0.150 e. The number of ether oxygens (including phenoxy) is 1. The molecule has 0 N–H and O–H groups in total. The van der Waals surface area contributed by atoms with Crippen molar-refractivity contribution in [3.8, 4) is 0 Å². The zero-order valence-electron chi connectivity index (χ0n) is 9.74. The number of nitrogens with zero attached hydrogens (tertiary/aromatic N) is 1. The molecular formula is C12H16BrNO2. The van der Waals surface area contributed by atoms with Gasteiger partial charge in [0.2, 0.25) is 0 Å². The Morgan fingerprint density at radius 1 is 1.56 bits per heavy atom. The molecule has 0 bridgehead atoms. The number of methoxy groups -OCH3 is 1. The van der Waals surface area contributed by atoms with Crippen molar-refractivity contribution in [2.24, 2.45) is 0 Å². The number of hydrogen-bond acceptors (Lipinski definition) is 3. The second-order valence-corrected chi connectivity index (χ2v) is 4.60. The first kappa shape index (κ1) is 13.2. The Balaban J connectivity index is 2.91. The van der Waals surface area contributed by atoms with Crippen molar-refractivity contribution in [3.63, 3.8) is 0 Å². The summed E-state index contributed by atoms with van der Waals surface area (Å²) >= 11 is 3.47. The summed E-state index contributed by atoms with van der Waals surface area (Å²) in [5.74, 6) is 0. The van der Waals surface area contributed by atoms with E-state index in [1.165, 1.54) is 0 Å². The van der Waals surface area contributed by atoms with Crippen LogP contribution in [-0.2, 0) is 4.74 Å². The molecule has 1 aromatic rings. The Labute approximate surface area is 105 Å². The molecule has 0 aliphatic carbocycles. The van der Waals surface area contributed by atoms with Crippen molar-refractivity contribution >= 4 is 27.9 Å². The van der Waals surface area contributed by atoms with Gasteiger partial charge in [-0.1, -0.05) is 0 Å². The van der Waals surface area contributed by atoms with Gasteiger partial charge in [0.05, 0.1) is 12.3 Å². The lowest BCUT2D eigenvalue weighted by molar-refractivity contribution is 0.112. The van der Waals surface area contributed by atoms with Crippen molar-refractivity contribution in [3.05, 3.63) is 28.2 Å². The smallest absolute Gasteiger partial charge is 0.150 e. The average molecular weight is 286 g/mol. The van der Waals surface area contributed by atoms with Crippen molar-refractivity contribution in [2.45, 2.75) is 13.0 Å². The SMILES string of the molecule is COCC(C)N(C)c1ccc(C=O)cc1Br. The van der Waals surface area contributed by atoms with E-state index in [2.05, 4.69) is 27.8 Å². The van der Waals surface area contributed by atoms with Gasteiger partial charge in [-0.25, -0.2) is 0 Å². The molecule has 0 aliphatic heterocycles. The first-order valence-corrected chi connectivity index (χ1v) is 5.86. The fourth-order valence-electron chi connectivity index (χ4n) is 1.47. The Hall–Kier alpha value is -0.870. The summed E-state index contributed by atoms with van der Waals surface area (Å²) in [4.78, 5) is 12.7. The molecule has 1 unspecified atom stereocenters. The molecule has 0 heterocycles. The molecule has 88 valence electrons. The maximum atomic E-state index is 10.6. The van der Waals surface area contributed by atoms with Gasteiger partial charge in [0.1, 0.15) is 6.29 Å². The van der Waals surface area contributed by atoms with E-state index in [-0.39, 0.29) is 6.04 Å². The molecule has 0 radical (unpaired) electrons. The highest BCUT2D eigenvalue weighted by Gasteiger charge is 2.12. The Bertz CT molecular complexity index is 368. The van der Waals surface area contributed by atoms with Gasteiger partial charge in [0, 0.05) is 30.2 Å². The molecule has 0 aliphatic rings. The maximum absolute atomic E-state index is 10.6. The third kappa shape index (κ3) is 3.06. The van der Waals surface area contributed by atoms with Gasteiger partial charge >= 0.3 is 0 Å². The second kappa shape index (κ2) is 6.01. The van der Waals surface area contributed by atoms with E-state index in [4.69, 9.17) is 4.74 Å². The Morgan fingerprint density at radius 3 is 2.75 bits per heavy atom. The number of anilines is 1. The van der Waals surface area contributed by atoms with E-state index < -0.39 is 0 Å². The molecule has 1 rings (SSSR count). The number of carbonyl (C=O) groups excluding carboxylic acids is 1. The fourth-order valence-corrected chi connectivity index (χ4v) is 2.15. The van der Waals surface area contributed by atoms with Gasteiger partial charge in [0.25, 0.3) is 0 Å². The number of carbonyl (C=O) groups is 1. The predicted molar refractivity (Wildman–Crippen MR) is 69.3 cm³/mol. The van der Waals surface area contributed by atoms with Gasteiger partial charge in [-0.2, -0.15) is 0 Å².